The van der Waals surface area contributed by atoms with E-state index in [4.69, 9.17) is 9.47 Å². The molecule has 1 unspecified atom stereocenters. The SMILES string of the molecule is Brc1cnn2cc(-c3ccc(OCCN4CCCC4)cc3)cnc12.CC(O)c1cccc(-c2cnn3cc(-c4ccc(OCCN5CCCC5)cc4)cnc23)c1. The maximum absolute atomic E-state index is 9.89. The predicted octanol–water partition coefficient (Wildman–Crippen LogP) is 8.22. The molecule has 0 radical (unpaired) electrons. The van der Waals surface area contributed by atoms with Crippen LogP contribution in [0.2, 0.25) is 0 Å². The van der Waals surface area contributed by atoms with Crippen molar-refractivity contribution in [3.8, 4) is 44.9 Å². The first-order valence-corrected chi connectivity index (χ1v) is 20.3. The van der Waals surface area contributed by atoms with Gasteiger partial charge < -0.3 is 14.6 Å². The van der Waals surface area contributed by atoms with Gasteiger partial charge >= 0.3 is 0 Å². The van der Waals surface area contributed by atoms with Crippen molar-refractivity contribution in [2.24, 2.45) is 0 Å². The molecule has 2 fully saturated rings. The van der Waals surface area contributed by atoms with Crippen molar-refractivity contribution in [3.05, 3.63) is 120 Å². The Morgan fingerprint density at radius 2 is 1.14 bits per heavy atom. The van der Waals surface area contributed by atoms with Crippen LogP contribution in [0.5, 0.6) is 11.5 Å². The number of hydrogen-bond acceptors (Lipinski definition) is 9. The van der Waals surface area contributed by atoms with Gasteiger partial charge in [-0.2, -0.15) is 10.2 Å². The van der Waals surface area contributed by atoms with Crippen molar-refractivity contribution in [1.82, 2.24) is 39.0 Å². The number of hydrogen-bond donors (Lipinski definition) is 1. The van der Waals surface area contributed by atoms with E-state index in [1.807, 2.05) is 79.5 Å². The van der Waals surface area contributed by atoms with Crippen molar-refractivity contribution >= 4 is 27.2 Å². The van der Waals surface area contributed by atoms with Gasteiger partial charge in [0.2, 0.25) is 0 Å². The van der Waals surface area contributed by atoms with E-state index in [1.165, 1.54) is 51.9 Å². The van der Waals surface area contributed by atoms with Gasteiger partial charge in [-0.05, 0) is 127 Å². The van der Waals surface area contributed by atoms with Gasteiger partial charge in [0, 0.05) is 54.6 Å². The molecule has 12 heteroatoms. The summed E-state index contributed by atoms with van der Waals surface area (Å²) >= 11 is 3.44. The monoisotopic (exact) mass is 814 g/mol. The molecule has 0 spiro atoms. The smallest absolute Gasteiger partial charge is 0.169 e. The minimum Gasteiger partial charge on any atom is -0.492 e. The number of ether oxygens (including phenoxy) is 2. The zero-order valence-electron chi connectivity index (χ0n) is 31.7. The van der Waals surface area contributed by atoms with Crippen LogP contribution in [0.1, 0.15) is 44.3 Å². The number of aliphatic hydroxyl groups excluding tert-OH is 1. The molecular formula is C44H47BrN8O3. The number of fused-ring (bicyclic) bond motifs is 2. The lowest BCUT2D eigenvalue weighted by Gasteiger charge is -2.15. The Kier molecular flexibility index (Phi) is 12.0. The molecule has 0 bridgehead atoms. The molecule has 7 aromatic rings. The molecule has 0 amide bonds. The third kappa shape index (κ3) is 9.11. The minimum absolute atomic E-state index is 0.511. The van der Waals surface area contributed by atoms with Gasteiger partial charge in [0.15, 0.2) is 11.3 Å². The lowest BCUT2D eigenvalue weighted by molar-refractivity contribution is 0.199. The van der Waals surface area contributed by atoms with Crippen molar-refractivity contribution in [2.75, 3.05) is 52.5 Å². The van der Waals surface area contributed by atoms with Gasteiger partial charge in [0.25, 0.3) is 0 Å². The van der Waals surface area contributed by atoms with Gasteiger partial charge in [-0.1, -0.05) is 42.5 Å². The normalized spacial score (nSPS) is 15.3. The van der Waals surface area contributed by atoms with E-state index in [2.05, 4.69) is 70.2 Å². The van der Waals surface area contributed by atoms with Crippen LogP contribution in [-0.4, -0.2) is 96.6 Å². The van der Waals surface area contributed by atoms with E-state index in [-0.39, 0.29) is 0 Å². The Labute approximate surface area is 335 Å². The molecule has 2 saturated heterocycles. The Bertz CT molecular complexity index is 2350. The second-order valence-electron chi connectivity index (χ2n) is 14.4. The highest BCUT2D eigenvalue weighted by atomic mass is 79.9. The van der Waals surface area contributed by atoms with Crippen molar-refractivity contribution in [2.45, 2.75) is 38.7 Å². The molecule has 0 aliphatic carbocycles. The summed E-state index contributed by atoms with van der Waals surface area (Å²) in [5, 5.41) is 18.7. The van der Waals surface area contributed by atoms with E-state index >= 15 is 0 Å². The van der Waals surface area contributed by atoms with E-state index in [0.29, 0.717) is 0 Å². The highest BCUT2D eigenvalue weighted by Crippen LogP contribution is 2.29. The highest BCUT2D eigenvalue weighted by molar-refractivity contribution is 9.10. The van der Waals surface area contributed by atoms with Crippen LogP contribution in [0, 0.1) is 0 Å². The van der Waals surface area contributed by atoms with Crippen LogP contribution in [0.15, 0.2) is 114 Å². The first-order chi connectivity index (χ1) is 27.5. The van der Waals surface area contributed by atoms with Gasteiger partial charge in [-0.15, -0.1) is 0 Å². The summed E-state index contributed by atoms with van der Waals surface area (Å²) < 4.78 is 16.2. The third-order valence-corrected chi connectivity index (χ3v) is 11.0. The van der Waals surface area contributed by atoms with Crippen LogP contribution in [0.4, 0.5) is 0 Å². The summed E-state index contributed by atoms with van der Waals surface area (Å²) in [6.45, 7) is 10.0. The fraction of sp³-hybridized carbons (Fsp3) is 0.318. The molecule has 3 aromatic carbocycles. The fourth-order valence-electron chi connectivity index (χ4n) is 7.27. The lowest BCUT2D eigenvalue weighted by Crippen LogP contribution is -2.25. The fourth-order valence-corrected chi connectivity index (χ4v) is 7.65. The Morgan fingerprint density at radius 1 is 0.625 bits per heavy atom. The zero-order chi connectivity index (χ0) is 38.3. The molecule has 0 saturated carbocycles. The molecule has 6 heterocycles. The second-order valence-corrected chi connectivity index (χ2v) is 15.3. The molecule has 2 aliphatic heterocycles. The average molecular weight is 816 g/mol. The molecule has 288 valence electrons. The lowest BCUT2D eigenvalue weighted by atomic mass is 10.0. The summed E-state index contributed by atoms with van der Waals surface area (Å²) in [6, 6.07) is 24.2. The molecule has 56 heavy (non-hydrogen) atoms. The molecule has 1 N–H and O–H groups in total. The van der Waals surface area contributed by atoms with Crippen molar-refractivity contribution < 1.29 is 14.6 Å². The molecular weight excluding hydrogens is 768 g/mol. The van der Waals surface area contributed by atoms with Crippen LogP contribution >= 0.6 is 15.9 Å². The molecule has 4 aromatic heterocycles. The molecule has 11 nitrogen and oxygen atoms in total. The standard InChI is InChI=1S/C26H28N4O2.C18H19BrN4O/c1-19(31)21-5-4-6-22(15-21)25-17-28-30-18-23(16-27-26(25)30)20-7-9-24(10-8-20)32-14-13-29-11-2-3-12-29;19-17-12-21-23-13-15(11-20-18(17)23)14-3-5-16(6-4-14)24-10-9-22-7-1-2-8-22/h4-10,15-19,31H,2-3,11-14H2,1H3;3-6,11-13H,1-2,7-10H2. The number of aliphatic hydroxyl groups is 1. The topological polar surface area (TPSA) is 106 Å². The number of likely N-dealkylation sites (tertiary alicyclic amines) is 2. The van der Waals surface area contributed by atoms with E-state index in [1.54, 1.807) is 22.2 Å². The Balaban J connectivity index is 0.000000164. The Morgan fingerprint density at radius 3 is 1.70 bits per heavy atom. The summed E-state index contributed by atoms with van der Waals surface area (Å²) in [6.07, 6.45) is 16.0. The van der Waals surface area contributed by atoms with Crippen LogP contribution in [0.3, 0.4) is 0 Å². The number of nitrogens with zero attached hydrogens (tertiary/aromatic N) is 8. The van der Waals surface area contributed by atoms with Gasteiger partial charge in [-0.25, -0.2) is 19.0 Å². The zero-order valence-corrected chi connectivity index (χ0v) is 33.3. The first kappa shape index (κ1) is 37.8. The van der Waals surface area contributed by atoms with E-state index in [0.717, 1.165) is 92.5 Å². The summed E-state index contributed by atoms with van der Waals surface area (Å²) in [7, 11) is 0. The number of rotatable bonds is 12. The molecule has 9 rings (SSSR count). The van der Waals surface area contributed by atoms with Crippen molar-refractivity contribution in [3.63, 3.8) is 0 Å². The number of benzene rings is 3. The predicted molar refractivity (Wildman–Crippen MR) is 223 cm³/mol. The first-order valence-electron chi connectivity index (χ1n) is 19.5. The number of halogens is 1. The van der Waals surface area contributed by atoms with Gasteiger partial charge in [0.05, 0.1) is 23.0 Å². The summed E-state index contributed by atoms with van der Waals surface area (Å²) in [5.74, 6) is 1.80. The van der Waals surface area contributed by atoms with Crippen LogP contribution < -0.4 is 9.47 Å². The van der Waals surface area contributed by atoms with Crippen LogP contribution in [-0.2, 0) is 0 Å². The molecule has 2 aliphatic rings. The maximum atomic E-state index is 9.89. The van der Waals surface area contributed by atoms with Crippen molar-refractivity contribution in [1.29, 1.82) is 0 Å². The third-order valence-electron chi connectivity index (χ3n) is 10.5. The largest absolute Gasteiger partial charge is 0.492 e. The Hall–Kier alpha value is -5.14. The second kappa shape index (κ2) is 17.8. The highest BCUT2D eigenvalue weighted by Gasteiger charge is 2.14. The minimum atomic E-state index is -0.511. The van der Waals surface area contributed by atoms with Gasteiger partial charge in [-0.3, -0.25) is 9.80 Å². The van der Waals surface area contributed by atoms with E-state index < -0.39 is 6.10 Å². The quantitative estimate of drug-likeness (QED) is 0.131. The number of aromatic nitrogens is 6. The summed E-state index contributed by atoms with van der Waals surface area (Å²) in [4.78, 5) is 14.0. The summed E-state index contributed by atoms with van der Waals surface area (Å²) in [5.41, 5.74) is 8.62. The maximum Gasteiger partial charge on any atom is 0.169 e. The molecule has 1 atom stereocenters. The van der Waals surface area contributed by atoms with E-state index in [9.17, 15) is 5.11 Å². The average Bonchev–Trinajstić information content (AvgIpc) is 4.08. The van der Waals surface area contributed by atoms with Crippen LogP contribution in [0.25, 0.3) is 44.7 Å². The van der Waals surface area contributed by atoms with Gasteiger partial charge in [0.1, 0.15) is 24.7 Å².